The normalized spacial score (nSPS) is 12.7. The van der Waals surface area contributed by atoms with Gasteiger partial charge in [-0.15, -0.1) is 0 Å². The van der Waals surface area contributed by atoms with Gasteiger partial charge in [-0.1, -0.05) is 19.1 Å². The van der Waals surface area contributed by atoms with Crippen LogP contribution in [0.15, 0.2) is 18.2 Å². The summed E-state index contributed by atoms with van der Waals surface area (Å²) in [7, 11) is 0. The summed E-state index contributed by atoms with van der Waals surface area (Å²) in [6.07, 6.45) is 0.904. The minimum Gasteiger partial charge on any atom is -0.444 e. The minimum atomic E-state index is -0.527. The van der Waals surface area contributed by atoms with Crippen molar-refractivity contribution in [3.63, 3.8) is 0 Å². The molecule has 0 aliphatic rings. The Hall–Kier alpha value is -1.84. The zero-order valence-corrected chi connectivity index (χ0v) is 12.8. The molecule has 4 nitrogen and oxygen atoms in total. The molecule has 1 atom stereocenters. The molecule has 1 amide bonds. The zero-order chi connectivity index (χ0) is 15.3. The number of amides is 1. The van der Waals surface area contributed by atoms with Gasteiger partial charge in [0.25, 0.3) is 0 Å². The Kier molecular flexibility index (Phi) is 5.31. The minimum absolute atomic E-state index is 0.132. The number of hydrogen-bond acceptors (Lipinski definition) is 3. The number of hydrogen-bond donors (Lipinski definition) is 1. The number of aldehydes is 1. The molecule has 0 aromatic heterocycles. The summed E-state index contributed by atoms with van der Waals surface area (Å²) in [5.41, 5.74) is 2.17. The first kappa shape index (κ1) is 16.2. The van der Waals surface area contributed by atoms with Crippen LogP contribution in [-0.4, -0.2) is 18.0 Å². The van der Waals surface area contributed by atoms with E-state index >= 15 is 0 Å². The summed E-state index contributed by atoms with van der Waals surface area (Å²) >= 11 is 0. The molecule has 0 saturated carbocycles. The molecule has 0 fully saturated rings. The summed E-state index contributed by atoms with van der Waals surface area (Å²) in [6.45, 7) is 9.36. The number of anilines is 1. The van der Waals surface area contributed by atoms with Crippen LogP contribution in [0.2, 0.25) is 0 Å². The molecule has 1 N–H and O–H groups in total. The second-order valence-electron chi connectivity index (χ2n) is 6.00. The van der Waals surface area contributed by atoms with Crippen molar-refractivity contribution < 1.29 is 14.3 Å². The lowest BCUT2D eigenvalue weighted by atomic mass is 9.96. The number of carbonyl (C=O) groups excluding carboxylic acids is 2. The van der Waals surface area contributed by atoms with E-state index in [1.165, 1.54) is 0 Å². The van der Waals surface area contributed by atoms with Crippen LogP contribution in [0.3, 0.4) is 0 Å². The Labute approximate surface area is 120 Å². The summed E-state index contributed by atoms with van der Waals surface area (Å²) < 4.78 is 5.24. The number of nitrogens with one attached hydrogen (secondary N) is 1. The molecule has 0 heterocycles. The molecule has 110 valence electrons. The summed E-state index contributed by atoms with van der Waals surface area (Å²) in [5.74, 6) is 0.132. The van der Waals surface area contributed by atoms with Gasteiger partial charge in [-0.05, 0) is 50.8 Å². The largest absolute Gasteiger partial charge is 0.444 e. The molecule has 1 unspecified atom stereocenters. The Morgan fingerprint density at radius 2 is 2.05 bits per heavy atom. The average Bonchev–Trinajstić information content (AvgIpc) is 2.29. The number of carbonyl (C=O) groups is 2. The van der Waals surface area contributed by atoms with Crippen molar-refractivity contribution in [1.29, 1.82) is 0 Å². The molecule has 1 aromatic carbocycles. The van der Waals surface area contributed by atoms with Crippen molar-refractivity contribution >= 4 is 18.1 Å². The van der Waals surface area contributed by atoms with Gasteiger partial charge in [0.2, 0.25) is 0 Å². The smallest absolute Gasteiger partial charge is 0.412 e. The van der Waals surface area contributed by atoms with E-state index in [2.05, 4.69) is 5.32 Å². The Balaban J connectivity index is 2.86. The third kappa shape index (κ3) is 5.03. The highest BCUT2D eigenvalue weighted by Gasteiger charge is 2.17. The molecule has 0 radical (unpaired) electrons. The first-order chi connectivity index (χ1) is 9.23. The van der Waals surface area contributed by atoms with Gasteiger partial charge in [-0.25, -0.2) is 4.79 Å². The van der Waals surface area contributed by atoms with Crippen LogP contribution >= 0.6 is 0 Å². The third-order valence-electron chi connectivity index (χ3n) is 2.92. The van der Waals surface area contributed by atoms with Gasteiger partial charge in [0.05, 0.1) is 0 Å². The van der Waals surface area contributed by atoms with Crippen molar-refractivity contribution in [1.82, 2.24) is 0 Å². The predicted molar refractivity (Wildman–Crippen MR) is 80.1 cm³/mol. The maximum atomic E-state index is 11.8. The molecule has 0 aliphatic carbocycles. The van der Waals surface area contributed by atoms with E-state index in [9.17, 15) is 9.59 Å². The third-order valence-corrected chi connectivity index (χ3v) is 2.92. The molecular weight excluding hydrogens is 254 g/mol. The fourth-order valence-corrected chi connectivity index (χ4v) is 1.77. The maximum absolute atomic E-state index is 11.8. The molecule has 1 rings (SSSR count). The van der Waals surface area contributed by atoms with Gasteiger partial charge >= 0.3 is 6.09 Å². The molecule has 1 aromatic rings. The highest BCUT2D eigenvalue weighted by atomic mass is 16.6. The number of benzene rings is 1. The second kappa shape index (κ2) is 6.55. The predicted octanol–water partition coefficient (Wildman–Crippen LogP) is 4.03. The van der Waals surface area contributed by atoms with Crippen molar-refractivity contribution in [2.75, 3.05) is 5.32 Å². The molecule has 0 saturated heterocycles. The van der Waals surface area contributed by atoms with Crippen LogP contribution in [0.1, 0.15) is 51.2 Å². The molecule has 20 heavy (non-hydrogen) atoms. The van der Waals surface area contributed by atoms with Gasteiger partial charge in [-0.2, -0.15) is 0 Å². The van der Waals surface area contributed by atoms with Crippen molar-refractivity contribution in [2.45, 2.75) is 52.6 Å². The van der Waals surface area contributed by atoms with Crippen LogP contribution < -0.4 is 5.32 Å². The lowest BCUT2D eigenvalue weighted by molar-refractivity contribution is -0.108. The fraction of sp³-hybridized carbons (Fsp3) is 0.500. The Bertz CT molecular complexity index is 489. The maximum Gasteiger partial charge on any atom is 0.412 e. The van der Waals surface area contributed by atoms with Crippen LogP contribution in [-0.2, 0) is 9.53 Å². The van der Waals surface area contributed by atoms with Crippen LogP contribution in [0.25, 0.3) is 0 Å². The van der Waals surface area contributed by atoms with Crippen LogP contribution in [0.4, 0.5) is 10.5 Å². The lowest BCUT2D eigenvalue weighted by Gasteiger charge is -2.20. The van der Waals surface area contributed by atoms with Crippen LogP contribution in [0.5, 0.6) is 0 Å². The molecule has 0 spiro atoms. The monoisotopic (exact) mass is 277 g/mol. The van der Waals surface area contributed by atoms with Gasteiger partial charge in [0.1, 0.15) is 11.9 Å². The molecule has 4 heteroatoms. The Morgan fingerprint density at radius 1 is 1.40 bits per heavy atom. The summed E-state index contributed by atoms with van der Waals surface area (Å²) in [5, 5.41) is 2.75. The molecule has 0 aliphatic heterocycles. The van der Waals surface area contributed by atoms with Crippen molar-refractivity contribution in [3.05, 3.63) is 29.3 Å². The molecule has 0 bridgehead atoms. The number of aryl methyl sites for hydroxylation is 1. The summed E-state index contributed by atoms with van der Waals surface area (Å²) in [6, 6.07) is 5.81. The first-order valence-electron chi connectivity index (χ1n) is 6.77. The van der Waals surface area contributed by atoms with Gasteiger partial charge < -0.3 is 9.53 Å². The van der Waals surface area contributed by atoms with Gasteiger partial charge in [0, 0.05) is 12.1 Å². The highest BCUT2D eigenvalue weighted by Crippen LogP contribution is 2.24. The van der Waals surface area contributed by atoms with Crippen molar-refractivity contribution in [2.24, 2.45) is 0 Å². The topological polar surface area (TPSA) is 55.4 Å². The average molecular weight is 277 g/mol. The lowest BCUT2D eigenvalue weighted by Crippen LogP contribution is -2.27. The quantitative estimate of drug-likeness (QED) is 0.845. The van der Waals surface area contributed by atoms with Crippen molar-refractivity contribution in [3.8, 4) is 0 Å². The van der Waals surface area contributed by atoms with E-state index in [4.69, 9.17) is 4.74 Å². The van der Waals surface area contributed by atoms with Crippen LogP contribution in [0, 0.1) is 6.92 Å². The van der Waals surface area contributed by atoms with Gasteiger partial charge in [0.15, 0.2) is 0 Å². The summed E-state index contributed by atoms with van der Waals surface area (Å²) in [4.78, 5) is 22.4. The molecular formula is C16H23NO3. The van der Waals surface area contributed by atoms with E-state index in [0.29, 0.717) is 6.42 Å². The van der Waals surface area contributed by atoms with E-state index in [1.807, 2.05) is 52.8 Å². The standard InChI is InChI=1S/C16H23NO3/c1-11(8-9-18)13-7-6-12(2)14(10-13)17-15(19)20-16(3,4)5/h6-7,9-11H,8H2,1-5H3,(H,17,19). The Morgan fingerprint density at radius 3 is 2.60 bits per heavy atom. The van der Waals surface area contributed by atoms with E-state index in [-0.39, 0.29) is 5.92 Å². The van der Waals surface area contributed by atoms with E-state index in [0.717, 1.165) is 23.1 Å². The van der Waals surface area contributed by atoms with E-state index in [1.54, 1.807) is 0 Å². The zero-order valence-electron chi connectivity index (χ0n) is 12.8. The fourth-order valence-electron chi connectivity index (χ4n) is 1.77. The number of rotatable bonds is 4. The number of ether oxygens (including phenoxy) is 1. The first-order valence-corrected chi connectivity index (χ1v) is 6.77. The second-order valence-corrected chi connectivity index (χ2v) is 6.00. The highest BCUT2D eigenvalue weighted by molar-refractivity contribution is 5.86. The van der Waals surface area contributed by atoms with Gasteiger partial charge in [-0.3, -0.25) is 5.32 Å². The SMILES string of the molecule is Cc1ccc(C(C)CC=O)cc1NC(=O)OC(C)(C)C. The van der Waals surface area contributed by atoms with E-state index < -0.39 is 11.7 Å².